The number of ether oxygens (including phenoxy) is 2. The van der Waals surface area contributed by atoms with Crippen molar-refractivity contribution in [2.45, 2.75) is 38.7 Å². The highest BCUT2D eigenvalue weighted by molar-refractivity contribution is 7.17. The Kier molecular flexibility index (Phi) is 6.81. The number of hydrogen-bond donors (Lipinski definition) is 1. The Bertz CT molecular complexity index is 1750. The minimum atomic E-state index is -1.12. The third-order valence-corrected chi connectivity index (χ3v) is 8.31. The SMILES string of the molecule is COC(=O)c1c(NC(=O)C(C)OC(=O)c2cccc3cccc(-c4nc5ccccc5o4)c23)sc2c1CCCC2. The number of para-hydroxylation sites is 2. The number of aromatic nitrogens is 1. The van der Waals surface area contributed by atoms with Crippen LogP contribution in [0.1, 0.15) is 50.9 Å². The number of nitrogens with one attached hydrogen (secondary N) is 1. The summed E-state index contributed by atoms with van der Waals surface area (Å²) in [6, 6.07) is 18.4. The van der Waals surface area contributed by atoms with Crippen LogP contribution in [0.3, 0.4) is 0 Å². The number of hydrogen-bond acceptors (Lipinski definition) is 8. The molecule has 9 heteroatoms. The quantitative estimate of drug-likeness (QED) is 0.237. The van der Waals surface area contributed by atoms with Crippen LogP contribution in [0.5, 0.6) is 0 Å². The van der Waals surface area contributed by atoms with Crippen LogP contribution in [0.2, 0.25) is 0 Å². The zero-order chi connectivity index (χ0) is 27.8. The summed E-state index contributed by atoms with van der Waals surface area (Å²) >= 11 is 1.38. The molecular formula is C31H26N2O6S. The van der Waals surface area contributed by atoms with Crippen molar-refractivity contribution >= 4 is 56.1 Å². The Morgan fingerprint density at radius 1 is 0.975 bits per heavy atom. The number of anilines is 1. The lowest BCUT2D eigenvalue weighted by atomic mass is 9.95. The van der Waals surface area contributed by atoms with Gasteiger partial charge in [-0.3, -0.25) is 4.79 Å². The third-order valence-electron chi connectivity index (χ3n) is 7.10. The molecule has 6 rings (SSSR count). The van der Waals surface area contributed by atoms with E-state index in [1.807, 2.05) is 48.5 Å². The molecule has 1 unspecified atom stereocenters. The van der Waals surface area contributed by atoms with Crippen molar-refractivity contribution < 1.29 is 28.3 Å². The normalized spacial score (nSPS) is 13.6. The van der Waals surface area contributed by atoms with Crippen molar-refractivity contribution in [2.24, 2.45) is 0 Å². The second-order valence-corrected chi connectivity index (χ2v) is 10.7. The molecule has 0 radical (unpaired) electrons. The van der Waals surface area contributed by atoms with E-state index in [2.05, 4.69) is 10.3 Å². The van der Waals surface area contributed by atoms with E-state index in [0.29, 0.717) is 38.5 Å². The summed E-state index contributed by atoms with van der Waals surface area (Å²) in [6.45, 7) is 1.51. The molecule has 0 bridgehead atoms. The first-order chi connectivity index (χ1) is 19.4. The summed E-state index contributed by atoms with van der Waals surface area (Å²) in [7, 11) is 1.32. The number of carbonyl (C=O) groups excluding carboxylic acids is 3. The van der Waals surface area contributed by atoms with E-state index in [4.69, 9.17) is 13.9 Å². The largest absolute Gasteiger partial charge is 0.465 e. The van der Waals surface area contributed by atoms with Gasteiger partial charge in [-0.25, -0.2) is 14.6 Å². The number of esters is 2. The fourth-order valence-electron chi connectivity index (χ4n) is 5.14. The van der Waals surface area contributed by atoms with Crippen molar-refractivity contribution in [1.29, 1.82) is 0 Å². The number of aryl methyl sites for hydroxylation is 1. The van der Waals surface area contributed by atoms with Crippen LogP contribution < -0.4 is 5.32 Å². The van der Waals surface area contributed by atoms with E-state index in [9.17, 15) is 14.4 Å². The Morgan fingerprint density at radius 3 is 2.55 bits per heavy atom. The van der Waals surface area contributed by atoms with Gasteiger partial charge in [-0.1, -0.05) is 36.4 Å². The first-order valence-corrected chi connectivity index (χ1v) is 13.9. The van der Waals surface area contributed by atoms with Crippen LogP contribution in [0.15, 0.2) is 65.1 Å². The van der Waals surface area contributed by atoms with Gasteiger partial charge in [0, 0.05) is 15.8 Å². The molecule has 8 nitrogen and oxygen atoms in total. The molecule has 2 aromatic heterocycles. The number of methoxy groups -OCH3 is 1. The lowest BCUT2D eigenvalue weighted by Crippen LogP contribution is -2.30. The molecule has 0 saturated heterocycles. The number of oxazole rings is 1. The highest BCUT2D eigenvalue weighted by atomic mass is 32.1. The fourth-order valence-corrected chi connectivity index (χ4v) is 6.42. The third kappa shape index (κ3) is 4.62. The van der Waals surface area contributed by atoms with Gasteiger partial charge in [0.05, 0.1) is 18.2 Å². The van der Waals surface area contributed by atoms with Crippen LogP contribution in [-0.4, -0.2) is 36.0 Å². The van der Waals surface area contributed by atoms with Crippen molar-refractivity contribution in [3.8, 4) is 11.5 Å². The predicted octanol–water partition coefficient (Wildman–Crippen LogP) is 6.56. The van der Waals surface area contributed by atoms with Crippen LogP contribution >= 0.6 is 11.3 Å². The predicted molar refractivity (Wildman–Crippen MR) is 153 cm³/mol. The molecular weight excluding hydrogens is 528 g/mol. The monoisotopic (exact) mass is 554 g/mol. The van der Waals surface area contributed by atoms with Gasteiger partial charge < -0.3 is 19.2 Å². The highest BCUT2D eigenvalue weighted by Crippen LogP contribution is 2.39. The molecule has 2 heterocycles. The van der Waals surface area contributed by atoms with Gasteiger partial charge in [-0.05, 0) is 67.8 Å². The first kappa shape index (κ1) is 25.8. The maximum absolute atomic E-state index is 13.4. The first-order valence-electron chi connectivity index (χ1n) is 13.1. The van der Waals surface area contributed by atoms with Crippen LogP contribution in [-0.2, 0) is 27.1 Å². The topological polar surface area (TPSA) is 108 Å². The van der Waals surface area contributed by atoms with Crippen molar-refractivity contribution in [2.75, 3.05) is 12.4 Å². The van der Waals surface area contributed by atoms with Gasteiger partial charge >= 0.3 is 11.9 Å². The number of carbonyl (C=O) groups is 3. The van der Waals surface area contributed by atoms with Gasteiger partial charge in [0.25, 0.3) is 5.91 Å². The van der Waals surface area contributed by atoms with E-state index >= 15 is 0 Å². The van der Waals surface area contributed by atoms with Gasteiger partial charge in [0.1, 0.15) is 10.5 Å². The number of fused-ring (bicyclic) bond motifs is 3. The van der Waals surface area contributed by atoms with E-state index in [-0.39, 0.29) is 5.56 Å². The minimum Gasteiger partial charge on any atom is -0.465 e. The molecule has 1 atom stereocenters. The molecule has 3 aromatic carbocycles. The summed E-state index contributed by atoms with van der Waals surface area (Å²) in [5.74, 6) is -1.29. The van der Waals surface area contributed by atoms with Gasteiger partial charge in [-0.2, -0.15) is 0 Å². The van der Waals surface area contributed by atoms with E-state index in [1.165, 1.54) is 25.4 Å². The molecule has 5 aromatic rings. The summed E-state index contributed by atoms with van der Waals surface area (Å²) in [5, 5.41) is 4.65. The maximum atomic E-state index is 13.4. The Balaban J connectivity index is 1.28. The molecule has 1 aliphatic rings. The molecule has 1 amide bonds. The van der Waals surface area contributed by atoms with E-state index in [0.717, 1.165) is 41.5 Å². The van der Waals surface area contributed by atoms with Crippen molar-refractivity contribution in [1.82, 2.24) is 4.98 Å². The fraction of sp³-hybridized carbons (Fsp3) is 0.226. The number of thiophene rings is 1. The Morgan fingerprint density at radius 2 is 1.75 bits per heavy atom. The Hall–Kier alpha value is -4.50. The zero-order valence-electron chi connectivity index (χ0n) is 22.0. The van der Waals surface area contributed by atoms with Crippen LogP contribution in [0, 0.1) is 0 Å². The van der Waals surface area contributed by atoms with Gasteiger partial charge in [0.2, 0.25) is 5.89 Å². The number of nitrogens with zero attached hydrogens (tertiary/aromatic N) is 1. The maximum Gasteiger partial charge on any atom is 0.341 e. The molecule has 0 aliphatic heterocycles. The molecule has 0 spiro atoms. The lowest BCUT2D eigenvalue weighted by Gasteiger charge is -2.15. The minimum absolute atomic E-state index is 0.289. The number of rotatable bonds is 6. The molecule has 1 N–H and O–H groups in total. The second-order valence-electron chi connectivity index (χ2n) is 9.64. The lowest BCUT2D eigenvalue weighted by molar-refractivity contribution is -0.123. The molecule has 1 aliphatic carbocycles. The molecule has 0 saturated carbocycles. The second kappa shape index (κ2) is 10.6. The highest BCUT2D eigenvalue weighted by Gasteiger charge is 2.29. The zero-order valence-corrected chi connectivity index (χ0v) is 22.8. The van der Waals surface area contributed by atoms with Crippen LogP contribution in [0.4, 0.5) is 5.00 Å². The summed E-state index contributed by atoms with van der Waals surface area (Å²) in [6.07, 6.45) is 2.51. The van der Waals surface area contributed by atoms with Crippen molar-refractivity contribution in [3.63, 3.8) is 0 Å². The van der Waals surface area contributed by atoms with Gasteiger partial charge in [0.15, 0.2) is 11.7 Å². The number of benzene rings is 3. The van der Waals surface area contributed by atoms with Crippen molar-refractivity contribution in [3.05, 3.63) is 82.2 Å². The summed E-state index contributed by atoms with van der Waals surface area (Å²) in [4.78, 5) is 44.8. The Labute approximate surface area is 233 Å². The molecule has 0 fully saturated rings. The number of amides is 1. The molecule has 202 valence electrons. The average molecular weight is 555 g/mol. The van der Waals surface area contributed by atoms with E-state index < -0.39 is 23.9 Å². The van der Waals surface area contributed by atoms with E-state index in [1.54, 1.807) is 12.1 Å². The summed E-state index contributed by atoms with van der Waals surface area (Å²) < 4.78 is 16.6. The average Bonchev–Trinajstić information content (AvgIpc) is 3.57. The smallest absolute Gasteiger partial charge is 0.341 e. The summed E-state index contributed by atoms with van der Waals surface area (Å²) in [5.41, 5.74) is 3.61. The van der Waals surface area contributed by atoms with Crippen LogP contribution in [0.25, 0.3) is 33.3 Å². The molecule has 40 heavy (non-hydrogen) atoms. The van der Waals surface area contributed by atoms with Gasteiger partial charge in [-0.15, -0.1) is 11.3 Å². The standard InChI is InChI=1S/C31H26N2O6S/c1-17(27(34)33-29-26(31(36)37-2)19-11-3-6-16-24(19)40-29)38-30(35)21-13-8-10-18-9-7-12-20(25(18)21)28-32-22-14-4-5-15-23(22)39-28/h4-5,7-10,12-15,17H,3,6,11,16H2,1-2H3,(H,33,34).